The van der Waals surface area contributed by atoms with Gasteiger partial charge in [0, 0.05) is 12.1 Å². The first kappa shape index (κ1) is 13.8. The Kier molecular flexibility index (Phi) is 3.47. The van der Waals surface area contributed by atoms with Crippen molar-refractivity contribution >= 4 is 11.0 Å². The van der Waals surface area contributed by atoms with E-state index in [1.165, 1.54) is 0 Å². The lowest BCUT2D eigenvalue weighted by atomic mass is 10.1. The maximum Gasteiger partial charge on any atom is 0.138 e. The Bertz CT molecular complexity index is 753. The first-order valence-electron chi connectivity index (χ1n) is 7.16. The summed E-state index contributed by atoms with van der Waals surface area (Å²) in [6.07, 6.45) is 1.83. The van der Waals surface area contributed by atoms with Crippen LogP contribution in [0.2, 0.25) is 0 Å². The first-order valence-corrected chi connectivity index (χ1v) is 7.16. The zero-order chi connectivity index (χ0) is 14.9. The summed E-state index contributed by atoms with van der Waals surface area (Å²) in [6, 6.07) is 14.2. The Labute approximate surface area is 124 Å². The number of para-hydroxylation sites is 2. The number of pyridine rings is 1. The van der Waals surface area contributed by atoms with Crippen molar-refractivity contribution in [1.29, 1.82) is 0 Å². The van der Waals surface area contributed by atoms with Gasteiger partial charge in [-0.3, -0.25) is 4.57 Å². The highest BCUT2D eigenvalue weighted by Crippen LogP contribution is 2.16. The summed E-state index contributed by atoms with van der Waals surface area (Å²) in [5, 5.41) is 3.46. The maximum absolute atomic E-state index is 4.73. The minimum absolute atomic E-state index is 0.0827. The number of hydrogen-bond donors (Lipinski definition) is 1. The van der Waals surface area contributed by atoms with Crippen LogP contribution >= 0.6 is 0 Å². The standard InChI is InChI=1S/C17H20N4/c1-17(2,3)19-11-13-7-6-10-16(20-13)21-12-18-14-8-4-5-9-15(14)21/h4-10,12,19H,11H2,1-3H3. The summed E-state index contributed by atoms with van der Waals surface area (Å²) in [5.41, 5.74) is 3.17. The third-order valence-electron chi connectivity index (χ3n) is 3.29. The first-order chi connectivity index (χ1) is 10.0. The second kappa shape index (κ2) is 5.30. The van der Waals surface area contributed by atoms with E-state index in [1.807, 2.05) is 47.3 Å². The van der Waals surface area contributed by atoms with Crippen molar-refractivity contribution in [3.05, 3.63) is 54.5 Å². The monoisotopic (exact) mass is 280 g/mol. The van der Waals surface area contributed by atoms with Crippen LogP contribution in [0.25, 0.3) is 16.9 Å². The molecule has 4 heteroatoms. The molecule has 3 aromatic rings. The maximum atomic E-state index is 4.73. The zero-order valence-corrected chi connectivity index (χ0v) is 12.7. The Morgan fingerprint density at radius 2 is 1.86 bits per heavy atom. The number of fused-ring (bicyclic) bond motifs is 1. The van der Waals surface area contributed by atoms with Crippen LogP contribution in [0, 0.1) is 0 Å². The van der Waals surface area contributed by atoms with E-state index < -0.39 is 0 Å². The Morgan fingerprint density at radius 3 is 2.67 bits per heavy atom. The lowest BCUT2D eigenvalue weighted by molar-refractivity contribution is 0.421. The topological polar surface area (TPSA) is 42.7 Å². The third-order valence-corrected chi connectivity index (χ3v) is 3.29. The average Bonchev–Trinajstić information content (AvgIpc) is 2.89. The molecule has 0 fully saturated rings. The van der Waals surface area contributed by atoms with Crippen molar-refractivity contribution in [2.75, 3.05) is 0 Å². The van der Waals surface area contributed by atoms with Crippen molar-refractivity contribution in [2.24, 2.45) is 0 Å². The molecule has 1 aromatic carbocycles. The average molecular weight is 280 g/mol. The van der Waals surface area contributed by atoms with Gasteiger partial charge in [0.25, 0.3) is 0 Å². The Hall–Kier alpha value is -2.20. The number of benzene rings is 1. The number of aromatic nitrogens is 3. The third kappa shape index (κ3) is 3.11. The highest BCUT2D eigenvalue weighted by Gasteiger charge is 2.10. The molecule has 0 unspecified atom stereocenters. The summed E-state index contributed by atoms with van der Waals surface area (Å²) in [5.74, 6) is 0.900. The van der Waals surface area contributed by atoms with Gasteiger partial charge in [-0.05, 0) is 45.0 Å². The number of nitrogens with zero attached hydrogens (tertiary/aromatic N) is 3. The van der Waals surface area contributed by atoms with Crippen molar-refractivity contribution < 1.29 is 0 Å². The van der Waals surface area contributed by atoms with E-state index in [1.54, 1.807) is 0 Å². The molecule has 0 saturated carbocycles. The summed E-state index contributed by atoms with van der Waals surface area (Å²) >= 11 is 0. The van der Waals surface area contributed by atoms with Crippen molar-refractivity contribution in [3.63, 3.8) is 0 Å². The Morgan fingerprint density at radius 1 is 1.05 bits per heavy atom. The molecular formula is C17H20N4. The lowest BCUT2D eigenvalue weighted by Crippen LogP contribution is -2.35. The predicted molar refractivity (Wildman–Crippen MR) is 85.5 cm³/mol. The van der Waals surface area contributed by atoms with Gasteiger partial charge in [0.1, 0.15) is 12.1 Å². The van der Waals surface area contributed by atoms with Gasteiger partial charge in [-0.25, -0.2) is 9.97 Å². The van der Waals surface area contributed by atoms with Gasteiger partial charge in [0.15, 0.2) is 0 Å². The Balaban J connectivity index is 1.92. The van der Waals surface area contributed by atoms with Gasteiger partial charge in [-0.1, -0.05) is 18.2 Å². The van der Waals surface area contributed by atoms with Gasteiger partial charge in [-0.2, -0.15) is 0 Å². The molecule has 0 spiro atoms. The predicted octanol–water partition coefficient (Wildman–Crippen LogP) is 3.31. The van der Waals surface area contributed by atoms with E-state index in [0.29, 0.717) is 0 Å². The molecule has 0 bridgehead atoms. The van der Waals surface area contributed by atoms with Gasteiger partial charge in [0.2, 0.25) is 0 Å². The molecule has 0 amide bonds. The van der Waals surface area contributed by atoms with E-state index in [0.717, 1.165) is 29.1 Å². The smallest absolute Gasteiger partial charge is 0.138 e. The number of rotatable bonds is 3. The summed E-state index contributed by atoms with van der Waals surface area (Å²) < 4.78 is 2.02. The van der Waals surface area contributed by atoms with Crippen molar-refractivity contribution in [1.82, 2.24) is 19.9 Å². The molecule has 2 aromatic heterocycles. The molecule has 1 N–H and O–H groups in total. The molecule has 4 nitrogen and oxygen atoms in total. The van der Waals surface area contributed by atoms with Gasteiger partial charge >= 0.3 is 0 Å². The van der Waals surface area contributed by atoms with Crippen LogP contribution < -0.4 is 5.32 Å². The fourth-order valence-electron chi connectivity index (χ4n) is 2.20. The SMILES string of the molecule is CC(C)(C)NCc1cccc(-n2cnc3ccccc32)n1. The minimum atomic E-state index is 0.0827. The molecule has 0 atom stereocenters. The molecule has 108 valence electrons. The molecule has 2 heterocycles. The second-order valence-electron chi connectivity index (χ2n) is 6.19. The van der Waals surface area contributed by atoms with Crippen LogP contribution in [-0.4, -0.2) is 20.1 Å². The minimum Gasteiger partial charge on any atom is -0.306 e. The molecule has 21 heavy (non-hydrogen) atoms. The van der Waals surface area contributed by atoms with Crippen LogP contribution in [0.1, 0.15) is 26.5 Å². The molecule has 0 aliphatic heterocycles. The van der Waals surface area contributed by atoms with E-state index >= 15 is 0 Å². The summed E-state index contributed by atoms with van der Waals surface area (Å²) in [7, 11) is 0. The van der Waals surface area contributed by atoms with E-state index in [9.17, 15) is 0 Å². The van der Waals surface area contributed by atoms with Crippen LogP contribution in [0.3, 0.4) is 0 Å². The summed E-state index contributed by atoms with van der Waals surface area (Å²) in [6.45, 7) is 7.21. The molecular weight excluding hydrogens is 260 g/mol. The largest absolute Gasteiger partial charge is 0.306 e. The van der Waals surface area contributed by atoms with Gasteiger partial charge in [-0.15, -0.1) is 0 Å². The highest BCUT2D eigenvalue weighted by molar-refractivity contribution is 5.76. The van der Waals surface area contributed by atoms with E-state index in [4.69, 9.17) is 4.98 Å². The fraction of sp³-hybridized carbons (Fsp3) is 0.294. The second-order valence-corrected chi connectivity index (χ2v) is 6.19. The van der Waals surface area contributed by atoms with Crippen LogP contribution in [0.4, 0.5) is 0 Å². The number of imidazole rings is 1. The lowest BCUT2D eigenvalue weighted by Gasteiger charge is -2.20. The van der Waals surface area contributed by atoms with E-state index in [-0.39, 0.29) is 5.54 Å². The van der Waals surface area contributed by atoms with Gasteiger partial charge in [0.05, 0.1) is 16.7 Å². The molecule has 0 saturated heterocycles. The van der Waals surface area contributed by atoms with Crippen molar-refractivity contribution in [2.45, 2.75) is 32.9 Å². The van der Waals surface area contributed by atoms with Crippen LogP contribution in [-0.2, 0) is 6.54 Å². The molecule has 0 aliphatic carbocycles. The number of nitrogens with one attached hydrogen (secondary N) is 1. The normalized spacial score (nSPS) is 12.0. The zero-order valence-electron chi connectivity index (χ0n) is 12.7. The van der Waals surface area contributed by atoms with Crippen LogP contribution in [0.5, 0.6) is 0 Å². The molecule has 3 rings (SSSR count). The quantitative estimate of drug-likeness (QED) is 0.800. The molecule has 0 radical (unpaired) electrons. The van der Waals surface area contributed by atoms with Crippen LogP contribution in [0.15, 0.2) is 48.8 Å². The van der Waals surface area contributed by atoms with E-state index in [2.05, 4.69) is 37.1 Å². The van der Waals surface area contributed by atoms with Crippen molar-refractivity contribution in [3.8, 4) is 5.82 Å². The number of hydrogen-bond acceptors (Lipinski definition) is 3. The van der Waals surface area contributed by atoms with Gasteiger partial charge < -0.3 is 5.32 Å². The summed E-state index contributed by atoms with van der Waals surface area (Å²) in [4.78, 5) is 9.15. The fourth-order valence-corrected chi connectivity index (χ4v) is 2.20. The highest BCUT2D eigenvalue weighted by atomic mass is 15.1. The molecule has 0 aliphatic rings.